The van der Waals surface area contributed by atoms with Crippen molar-refractivity contribution in [3.8, 4) is 0 Å². The molecule has 1 aliphatic carbocycles. The van der Waals surface area contributed by atoms with Crippen molar-refractivity contribution in [2.24, 2.45) is 0 Å². The van der Waals surface area contributed by atoms with Crippen LogP contribution in [0.3, 0.4) is 0 Å². The molecule has 1 aromatic heterocycles. The van der Waals surface area contributed by atoms with Crippen molar-refractivity contribution in [1.82, 2.24) is 14.9 Å². The molecule has 1 heterocycles. The van der Waals surface area contributed by atoms with E-state index in [4.69, 9.17) is 12.2 Å². The van der Waals surface area contributed by atoms with Gasteiger partial charge in [0.2, 0.25) is 5.91 Å². The number of rotatable bonds is 3. The van der Waals surface area contributed by atoms with E-state index in [1.54, 1.807) is 17.6 Å². The van der Waals surface area contributed by atoms with Crippen molar-refractivity contribution in [3.05, 3.63) is 27.2 Å². The summed E-state index contributed by atoms with van der Waals surface area (Å²) in [6.07, 6.45) is 2.05. The molecule has 2 aromatic rings. The molecule has 2 N–H and O–H groups in total. The van der Waals surface area contributed by atoms with Crippen LogP contribution in [-0.4, -0.2) is 21.5 Å². The van der Waals surface area contributed by atoms with Crippen LogP contribution in [0.5, 0.6) is 0 Å². The molecule has 1 atom stereocenters. The Morgan fingerprint density at radius 1 is 1.60 bits per heavy atom. The van der Waals surface area contributed by atoms with Gasteiger partial charge in [-0.1, -0.05) is 0 Å². The van der Waals surface area contributed by atoms with Gasteiger partial charge in [0, 0.05) is 12.1 Å². The van der Waals surface area contributed by atoms with Gasteiger partial charge in [0.25, 0.3) is 0 Å². The highest BCUT2D eigenvalue weighted by molar-refractivity contribution is 9.10. The van der Waals surface area contributed by atoms with Crippen LogP contribution in [0.1, 0.15) is 25.8 Å². The average Bonchev–Trinajstić information content (AvgIpc) is 3.13. The van der Waals surface area contributed by atoms with Crippen LogP contribution in [0.15, 0.2) is 16.6 Å². The smallest absolute Gasteiger partial charge is 0.243 e. The number of benzene rings is 1. The largest absolute Gasteiger partial charge is 0.352 e. The number of aromatic amines is 1. The molecule has 7 heteroatoms. The Labute approximate surface area is 128 Å². The quantitative estimate of drug-likeness (QED) is 0.826. The zero-order chi connectivity index (χ0) is 14.4. The van der Waals surface area contributed by atoms with Gasteiger partial charge in [0.1, 0.15) is 11.9 Å². The first-order valence-electron chi connectivity index (χ1n) is 6.37. The number of halogens is 2. The number of aromatic nitrogens is 2. The maximum atomic E-state index is 13.7. The van der Waals surface area contributed by atoms with E-state index in [1.165, 1.54) is 6.07 Å². The topological polar surface area (TPSA) is 49.8 Å². The summed E-state index contributed by atoms with van der Waals surface area (Å²) in [4.78, 5) is 15.1. The van der Waals surface area contributed by atoms with Gasteiger partial charge in [-0.3, -0.25) is 4.79 Å². The number of nitrogens with zero attached hydrogens (tertiary/aromatic N) is 1. The summed E-state index contributed by atoms with van der Waals surface area (Å²) in [6, 6.07) is 2.82. The predicted molar refractivity (Wildman–Crippen MR) is 80.7 cm³/mol. The Hall–Kier alpha value is -1.21. The van der Waals surface area contributed by atoms with Gasteiger partial charge in [0.05, 0.1) is 15.5 Å². The lowest BCUT2D eigenvalue weighted by molar-refractivity contribution is -0.123. The number of nitrogens with one attached hydrogen (secondary N) is 2. The summed E-state index contributed by atoms with van der Waals surface area (Å²) in [7, 11) is 0. The molecule has 0 spiro atoms. The average molecular weight is 358 g/mol. The van der Waals surface area contributed by atoms with Crippen molar-refractivity contribution < 1.29 is 9.18 Å². The molecule has 1 fully saturated rings. The second-order valence-electron chi connectivity index (χ2n) is 5.04. The number of carbonyl (C=O) groups excluding carboxylic acids is 1. The van der Waals surface area contributed by atoms with Gasteiger partial charge in [-0.05, 0) is 54.0 Å². The Morgan fingerprint density at radius 2 is 2.30 bits per heavy atom. The van der Waals surface area contributed by atoms with E-state index in [1.807, 2.05) is 0 Å². The Bertz CT molecular complexity index is 750. The molecule has 1 unspecified atom stereocenters. The molecule has 0 aliphatic heterocycles. The summed E-state index contributed by atoms with van der Waals surface area (Å²) < 4.78 is 16.1. The summed E-state index contributed by atoms with van der Waals surface area (Å²) in [5.41, 5.74) is 1.29. The molecule has 1 aliphatic rings. The van der Waals surface area contributed by atoms with Gasteiger partial charge in [0.15, 0.2) is 4.77 Å². The number of amides is 1. The van der Waals surface area contributed by atoms with E-state index in [0.717, 1.165) is 12.8 Å². The molecular weight excluding hydrogens is 345 g/mol. The van der Waals surface area contributed by atoms with E-state index in [2.05, 4.69) is 26.2 Å². The second kappa shape index (κ2) is 4.96. The van der Waals surface area contributed by atoms with Crippen LogP contribution in [0.2, 0.25) is 0 Å². The van der Waals surface area contributed by atoms with E-state index in [-0.39, 0.29) is 17.8 Å². The maximum absolute atomic E-state index is 13.7. The van der Waals surface area contributed by atoms with Crippen LogP contribution in [0.25, 0.3) is 11.0 Å². The molecule has 0 bridgehead atoms. The van der Waals surface area contributed by atoms with Crippen LogP contribution in [0, 0.1) is 10.6 Å². The highest BCUT2D eigenvalue weighted by Crippen LogP contribution is 2.26. The molecule has 0 radical (unpaired) electrons. The van der Waals surface area contributed by atoms with Crippen LogP contribution in [0.4, 0.5) is 4.39 Å². The minimum Gasteiger partial charge on any atom is -0.352 e. The first-order valence-corrected chi connectivity index (χ1v) is 7.57. The first kappa shape index (κ1) is 13.8. The van der Waals surface area contributed by atoms with Gasteiger partial charge in [-0.25, -0.2) is 4.39 Å². The highest BCUT2D eigenvalue weighted by Gasteiger charge is 2.27. The molecule has 3 rings (SSSR count). The number of fused-ring (bicyclic) bond motifs is 1. The summed E-state index contributed by atoms with van der Waals surface area (Å²) >= 11 is 8.39. The maximum Gasteiger partial charge on any atom is 0.243 e. The van der Waals surface area contributed by atoms with Gasteiger partial charge < -0.3 is 14.9 Å². The van der Waals surface area contributed by atoms with Crippen molar-refractivity contribution in [1.29, 1.82) is 0 Å². The fraction of sp³-hybridized carbons (Fsp3) is 0.385. The third-order valence-corrected chi connectivity index (χ3v) is 4.36. The fourth-order valence-corrected chi connectivity index (χ4v) is 2.88. The number of hydrogen-bond acceptors (Lipinski definition) is 2. The highest BCUT2D eigenvalue weighted by atomic mass is 79.9. The molecular formula is C13H13BrFN3OS. The van der Waals surface area contributed by atoms with E-state index < -0.39 is 6.04 Å². The molecule has 1 amide bonds. The lowest BCUT2D eigenvalue weighted by atomic mass is 10.2. The number of imidazole rings is 1. The summed E-state index contributed by atoms with van der Waals surface area (Å²) in [5.74, 6) is -0.470. The van der Waals surface area contributed by atoms with Gasteiger partial charge >= 0.3 is 0 Å². The number of H-pyrrole nitrogens is 1. The predicted octanol–water partition coefficient (Wildman–Crippen LogP) is 3.44. The van der Waals surface area contributed by atoms with Gasteiger partial charge in [-0.2, -0.15) is 0 Å². The number of hydrogen-bond donors (Lipinski definition) is 2. The standard InChI is InChI=1S/C13H13BrFN3OS/c1-6(12(19)16-7-2-3-7)18-11-5-9(15)8(14)4-10(11)17-13(18)20/h4-7H,2-3H2,1H3,(H,16,19)(H,17,20). The third kappa shape index (κ3) is 2.40. The molecule has 20 heavy (non-hydrogen) atoms. The van der Waals surface area contributed by atoms with Gasteiger partial charge in [-0.15, -0.1) is 0 Å². The zero-order valence-electron chi connectivity index (χ0n) is 10.7. The minimum atomic E-state index is -0.475. The molecule has 1 aromatic carbocycles. The molecule has 106 valence electrons. The van der Waals surface area contributed by atoms with Crippen LogP contribution >= 0.6 is 28.1 Å². The summed E-state index contributed by atoms with van der Waals surface area (Å²) in [5, 5.41) is 2.94. The lowest BCUT2D eigenvalue weighted by Crippen LogP contribution is -2.32. The Kier molecular flexibility index (Phi) is 3.41. The SMILES string of the molecule is CC(C(=O)NC1CC1)n1c(=S)[nH]c2cc(Br)c(F)cc21. The fourth-order valence-electron chi connectivity index (χ4n) is 2.17. The van der Waals surface area contributed by atoms with Crippen molar-refractivity contribution in [2.75, 3.05) is 0 Å². The minimum absolute atomic E-state index is 0.0900. The van der Waals surface area contributed by atoms with Crippen LogP contribution < -0.4 is 5.32 Å². The van der Waals surface area contributed by atoms with E-state index >= 15 is 0 Å². The third-order valence-electron chi connectivity index (χ3n) is 3.45. The van der Waals surface area contributed by atoms with Crippen LogP contribution in [-0.2, 0) is 4.79 Å². The lowest BCUT2D eigenvalue weighted by Gasteiger charge is -2.14. The monoisotopic (exact) mass is 357 g/mol. The molecule has 1 saturated carbocycles. The van der Waals surface area contributed by atoms with E-state index in [9.17, 15) is 9.18 Å². The first-order chi connectivity index (χ1) is 9.47. The Balaban J connectivity index is 2.05. The van der Waals surface area contributed by atoms with Crippen molar-refractivity contribution in [3.63, 3.8) is 0 Å². The van der Waals surface area contributed by atoms with Crippen molar-refractivity contribution >= 4 is 45.1 Å². The summed E-state index contributed by atoms with van der Waals surface area (Å²) in [6.45, 7) is 1.76. The number of carbonyl (C=O) groups is 1. The molecule has 4 nitrogen and oxygen atoms in total. The normalized spacial score (nSPS) is 16.4. The Morgan fingerprint density at radius 3 is 2.95 bits per heavy atom. The second-order valence-corrected chi connectivity index (χ2v) is 6.28. The zero-order valence-corrected chi connectivity index (χ0v) is 13.1. The molecule has 0 saturated heterocycles. The van der Waals surface area contributed by atoms with Crippen molar-refractivity contribution in [2.45, 2.75) is 31.8 Å². The van der Waals surface area contributed by atoms with E-state index in [0.29, 0.717) is 20.3 Å².